The molecule has 3 aliphatic rings. The van der Waals surface area contributed by atoms with Crippen LogP contribution in [0.1, 0.15) is 5.56 Å². The lowest BCUT2D eigenvalue weighted by Gasteiger charge is -2.28. The molecule has 1 heterocycles. The van der Waals surface area contributed by atoms with Crippen molar-refractivity contribution in [2.45, 2.75) is 0 Å². The number of hydrogen-bond donors (Lipinski definition) is 0. The third-order valence-electron chi connectivity index (χ3n) is 3.82. The fourth-order valence-electron chi connectivity index (χ4n) is 2.74. The zero-order valence-corrected chi connectivity index (χ0v) is 12.1. The standard InChI is InChI=1S/C20H15NO/c1-2-15-11-13-16(14-12-15)21-17-7-3-5-9-19(17)22-20-10-6-4-8-18(20)21/h2-14H,1H2/q-2. The second-order valence-corrected chi connectivity index (χ2v) is 5.17. The third kappa shape index (κ3) is 1.97. The van der Waals surface area contributed by atoms with E-state index in [9.17, 15) is 0 Å². The SMILES string of the molecule is C=Cc1ccc(-n2c3c[cH-]ccc-3[o+][c-]3cc[cH-]cc2-3)cc1. The lowest BCUT2D eigenvalue weighted by molar-refractivity contribution is 0.563. The number of nitrogens with zero attached hydrogens (tertiary/aromatic N) is 1. The van der Waals surface area contributed by atoms with E-state index in [0.29, 0.717) is 0 Å². The summed E-state index contributed by atoms with van der Waals surface area (Å²) in [4.78, 5) is 0. The van der Waals surface area contributed by atoms with E-state index >= 15 is 0 Å². The molecule has 2 nitrogen and oxygen atoms in total. The molecule has 4 rings (SSSR count). The number of hydrogen-bond acceptors (Lipinski definition) is 0. The second kappa shape index (κ2) is 5.08. The van der Waals surface area contributed by atoms with Crippen molar-refractivity contribution in [2.75, 3.05) is 0 Å². The number of rotatable bonds is 2. The Hall–Kier alpha value is -3.00. The number of para-hydroxylation sites is 4. The second-order valence-electron chi connectivity index (χ2n) is 5.17. The fraction of sp³-hybridized carbons (Fsp3) is 0. The monoisotopic (exact) mass is 285 g/mol. The first-order valence-corrected chi connectivity index (χ1v) is 7.25. The van der Waals surface area contributed by atoms with E-state index in [4.69, 9.17) is 4.42 Å². The minimum Gasteiger partial charge on any atom is -0.428 e. The van der Waals surface area contributed by atoms with Crippen LogP contribution in [0, 0.1) is 0 Å². The summed E-state index contributed by atoms with van der Waals surface area (Å²) < 4.78 is 8.24. The van der Waals surface area contributed by atoms with Crippen molar-refractivity contribution in [3.05, 3.63) is 84.9 Å². The first-order valence-electron chi connectivity index (χ1n) is 7.25. The molecule has 1 aromatic rings. The van der Waals surface area contributed by atoms with E-state index in [1.165, 1.54) is 0 Å². The molecule has 0 N–H and O–H groups in total. The molecule has 0 saturated carbocycles. The summed E-state index contributed by atoms with van der Waals surface area (Å²) in [5.74, 6) is 1.74. The molecule has 0 saturated heterocycles. The zero-order chi connectivity index (χ0) is 14.9. The maximum absolute atomic E-state index is 6.02. The molecular weight excluding hydrogens is 270 g/mol. The van der Waals surface area contributed by atoms with Gasteiger partial charge in [-0.3, -0.25) is 6.07 Å². The quantitative estimate of drug-likeness (QED) is 0.270. The van der Waals surface area contributed by atoms with Gasteiger partial charge in [0.1, 0.15) is 0 Å². The molecule has 0 unspecified atom stereocenters. The summed E-state index contributed by atoms with van der Waals surface area (Å²) in [7, 11) is 0. The van der Waals surface area contributed by atoms with E-state index in [2.05, 4.69) is 47.5 Å². The van der Waals surface area contributed by atoms with Crippen LogP contribution < -0.4 is 0 Å². The molecule has 0 aromatic heterocycles. The Kier molecular flexibility index (Phi) is 2.94. The van der Waals surface area contributed by atoms with E-state index < -0.39 is 0 Å². The summed E-state index contributed by atoms with van der Waals surface area (Å²) in [6.45, 7) is 3.81. The van der Waals surface area contributed by atoms with Crippen molar-refractivity contribution in [3.63, 3.8) is 0 Å². The average molecular weight is 285 g/mol. The van der Waals surface area contributed by atoms with Crippen LogP contribution in [-0.4, -0.2) is 4.57 Å². The predicted molar refractivity (Wildman–Crippen MR) is 90.2 cm³/mol. The van der Waals surface area contributed by atoms with Crippen LogP contribution in [-0.2, 0) is 0 Å². The van der Waals surface area contributed by atoms with Crippen molar-refractivity contribution >= 4 is 6.08 Å². The molecule has 1 aliphatic heterocycles. The lowest BCUT2D eigenvalue weighted by atomic mass is 10.1. The van der Waals surface area contributed by atoms with E-state index in [0.717, 1.165) is 34.2 Å². The largest absolute Gasteiger partial charge is 0.428 e. The predicted octanol–water partition coefficient (Wildman–Crippen LogP) is 5.49. The number of fused-ring (bicyclic) bond motifs is 2. The Morgan fingerprint density at radius 3 is 2.68 bits per heavy atom. The summed E-state index contributed by atoms with van der Waals surface area (Å²) in [6, 6.07) is 24.5. The lowest BCUT2D eigenvalue weighted by Crippen LogP contribution is -2.06. The average Bonchev–Trinajstić information content (AvgIpc) is 2.60. The molecule has 22 heavy (non-hydrogen) atoms. The maximum Gasteiger partial charge on any atom is 0.194 e. The van der Waals surface area contributed by atoms with Crippen molar-refractivity contribution < 1.29 is 4.42 Å². The minimum absolute atomic E-state index is 0.869. The van der Waals surface area contributed by atoms with Gasteiger partial charge in [0, 0.05) is 5.69 Å². The van der Waals surface area contributed by atoms with Crippen LogP contribution in [0.3, 0.4) is 0 Å². The minimum atomic E-state index is 0.869. The first kappa shape index (κ1) is 12.7. The van der Waals surface area contributed by atoms with Gasteiger partial charge in [0.15, 0.2) is 11.5 Å². The van der Waals surface area contributed by atoms with Crippen molar-refractivity contribution in [1.82, 2.24) is 4.57 Å². The highest BCUT2D eigenvalue weighted by atomic mass is 16.3. The van der Waals surface area contributed by atoms with Gasteiger partial charge in [-0.1, -0.05) is 30.5 Å². The third-order valence-corrected chi connectivity index (χ3v) is 3.82. The Bertz CT molecular complexity index is 848. The maximum atomic E-state index is 6.02. The molecule has 0 fully saturated rings. The Balaban J connectivity index is 2.05. The molecule has 0 bridgehead atoms. The Labute approximate surface area is 129 Å². The summed E-state index contributed by atoms with van der Waals surface area (Å²) in [5, 5.41) is 0. The molecule has 0 atom stereocenters. The highest BCUT2D eigenvalue weighted by Crippen LogP contribution is 2.34. The molecule has 1 aromatic carbocycles. The molecule has 2 aliphatic carbocycles. The van der Waals surface area contributed by atoms with Gasteiger partial charge in [0.05, 0.1) is 0 Å². The molecule has 2 heteroatoms. The van der Waals surface area contributed by atoms with E-state index in [-0.39, 0.29) is 0 Å². The van der Waals surface area contributed by atoms with Gasteiger partial charge in [-0.2, -0.15) is 24.3 Å². The topological polar surface area (TPSA) is 16.2 Å². The van der Waals surface area contributed by atoms with Gasteiger partial charge in [-0.15, -0.1) is 6.07 Å². The molecule has 0 spiro atoms. The normalized spacial score (nSPS) is 10.9. The van der Waals surface area contributed by atoms with Crippen molar-refractivity contribution in [3.8, 4) is 28.6 Å². The first-order chi connectivity index (χ1) is 10.9. The molecular formula is C20H15NO-2. The van der Waals surface area contributed by atoms with Crippen LogP contribution in [0.5, 0.6) is 0 Å². The summed E-state index contributed by atoms with van der Waals surface area (Å²) >= 11 is 0. The molecule has 0 radical (unpaired) electrons. The van der Waals surface area contributed by atoms with Crippen molar-refractivity contribution in [1.29, 1.82) is 0 Å². The van der Waals surface area contributed by atoms with Crippen molar-refractivity contribution in [2.24, 2.45) is 0 Å². The highest BCUT2D eigenvalue weighted by Gasteiger charge is 2.11. The fourth-order valence-corrected chi connectivity index (χ4v) is 2.74. The van der Waals surface area contributed by atoms with Gasteiger partial charge in [0.25, 0.3) is 0 Å². The Morgan fingerprint density at radius 2 is 1.86 bits per heavy atom. The zero-order valence-electron chi connectivity index (χ0n) is 12.1. The van der Waals surface area contributed by atoms with E-state index in [1.54, 1.807) is 0 Å². The van der Waals surface area contributed by atoms with E-state index in [1.807, 2.05) is 42.5 Å². The van der Waals surface area contributed by atoms with Crippen LogP contribution in [0.25, 0.3) is 34.7 Å². The smallest absolute Gasteiger partial charge is 0.194 e. The molecule has 108 valence electrons. The number of benzene rings is 3. The Morgan fingerprint density at radius 1 is 1.05 bits per heavy atom. The van der Waals surface area contributed by atoms with Gasteiger partial charge in [-0.05, 0) is 23.4 Å². The van der Waals surface area contributed by atoms with Crippen LogP contribution >= 0.6 is 0 Å². The van der Waals surface area contributed by atoms with Crippen LogP contribution in [0.2, 0.25) is 0 Å². The highest BCUT2D eigenvalue weighted by molar-refractivity contribution is 5.69. The number of aromatic nitrogens is 1. The van der Waals surface area contributed by atoms with Gasteiger partial charge < -0.3 is 8.98 Å². The van der Waals surface area contributed by atoms with Gasteiger partial charge in [-0.25, -0.2) is 12.1 Å². The van der Waals surface area contributed by atoms with Gasteiger partial charge >= 0.3 is 0 Å². The van der Waals surface area contributed by atoms with Crippen LogP contribution in [0.15, 0.2) is 83.8 Å². The van der Waals surface area contributed by atoms with Crippen LogP contribution in [0.4, 0.5) is 0 Å². The van der Waals surface area contributed by atoms with Gasteiger partial charge in [0.2, 0.25) is 0 Å². The summed E-state index contributed by atoms with van der Waals surface area (Å²) in [5.41, 5.74) is 4.31. The molecule has 0 amide bonds. The summed E-state index contributed by atoms with van der Waals surface area (Å²) in [6.07, 6.45) is 1.85.